The van der Waals surface area contributed by atoms with Gasteiger partial charge in [0.25, 0.3) is 0 Å². The van der Waals surface area contributed by atoms with Gasteiger partial charge in [-0.05, 0) is 25.5 Å². The second-order valence-corrected chi connectivity index (χ2v) is 6.26. The van der Waals surface area contributed by atoms with Gasteiger partial charge >= 0.3 is 0 Å². The van der Waals surface area contributed by atoms with Gasteiger partial charge in [-0.25, -0.2) is 9.97 Å². The average Bonchev–Trinajstić information content (AvgIpc) is 2.54. The number of aromatic nitrogens is 2. The van der Waals surface area contributed by atoms with Crippen molar-refractivity contribution in [1.29, 1.82) is 0 Å². The molecule has 1 heterocycles. The highest BCUT2D eigenvalue weighted by atomic mass is 32.2. The van der Waals surface area contributed by atoms with E-state index >= 15 is 0 Å². The average molecular weight is 306 g/mol. The van der Waals surface area contributed by atoms with Crippen LogP contribution in [0.4, 0.5) is 0 Å². The summed E-state index contributed by atoms with van der Waals surface area (Å²) in [5.41, 5.74) is 5.67. The van der Waals surface area contributed by atoms with Gasteiger partial charge in [-0.2, -0.15) is 0 Å². The number of hydrogen-bond acceptors (Lipinski definition) is 3. The first-order valence-electron chi connectivity index (χ1n) is 7.30. The van der Waals surface area contributed by atoms with Gasteiger partial charge in [0.05, 0.1) is 5.69 Å². The molecule has 2 aromatic carbocycles. The molecule has 0 bridgehead atoms. The van der Waals surface area contributed by atoms with Crippen LogP contribution in [0.25, 0.3) is 11.3 Å². The first-order valence-corrected chi connectivity index (χ1v) is 8.29. The Morgan fingerprint density at radius 2 is 1.59 bits per heavy atom. The molecule has 1 aromatic heterocycles. The highest BCUT2D eigenvalue weighted by Crippen LogP contribution is 2.24. The fourth-order valence-corrected chi connectivity index (χ4v) is 3.06. The van der Waals surface area contributed by atoms with E-state index in [1.165, 1.54) is 11.1 Å². The Labute approximate surface area is 135 Å². The van der Waals surface area contributed by atoms with Crippen LogP contribution >= 0.6 is 11.8 Å². The predicted octanol–water partition coefficient (Wildman–Crippen LogP) is 5.05. The quantitative estimate of drug-likeness (QED) is 0.498. The molecule has 0 saturated heterocycles. The normalized spacial score (nSPS) is 10.6. The monoisotopic (exact) mass is 306 g/mol. The maximum Gasteiger partial charge on any atom is 0.188 e. The topological polar surface area (TPSA) is 25.8 Å². The van der Waals surface area contributed by atoms with E-state index in [-0.39, 0.29) is 0 Å². The molecule has 0 aliphatic rings. The standard InChI is InChI=1S/C19H18N2S/c1-14-8-10-17(11-9-14)18-12-15(2)20-19(21-18)22-13-16-6-4-3-5-7-16/h3-12H,13H2,1-2H3. The second kappa shape index (κ2) is 6.75. The second-order valence-electron chi connectivity index (χ2n) is 5.32. The van der Waals surface area contributed by atoms with Crippen LogP contribution in [0.5, 0.6) is 0 Å². The van der Waals surface area contributed by atoms with E-state index in [4.69, 9.17) is 4.98 Å². The van der Waals surface area contributed by atoms with Crippen LogP contribution in [0.15, 0.2) is 65.8 Å². The van der Waals surface area contributed by atoms with Crippen molar-refractivity contribution in [3.05, 3.63) is 77.5 Å². The first kappa shape index (κ1) is 14.8. The van der Waals surface area contributed by atoms with Gasteiger partial charge in [-0.1, -0.05) is 71.9 Å². The molecule has 3 rings (SSSR count). The van der Waals surface area contributed by atoms with Crippen LogP contribution < -0.4 is 0 Å². The lowest BCUT2D eigenvalue weighted by Crippen LogP contribution is -1.94. The minimum absolute atomic E-state index is 0.833. The van der Waals surface area contributed by atoms with E-state index in [1.807, 2.05) is 19.1 Å². The SMILES string of the molecule is Cc1ccc(-c2cc(C)nc(SCc3ccccc3)n2)cc1. The molecule has 3 heteroatoms. The van der Waals surface area contributed by atoms with Crippen molar-refractivity contribution < 1.29 is 0 Å². The third-order valence-electron chi connectivity index (χ3n) is 3.39. The Morgan fingerprint density at radius 1 is 0.864 bits per heavy atom. The zero-order chi connectivity index (χ0) is 15.4. The molecule has 0 aliphatic heterocycles. The Balaban J connectivity index is 1.82. The van der Waals surface area contributed by atoms with Crippen molar-refractivity contribution >= 4 is 11.8 Å². The van der Waals surface area contributed by atoms with Gasteiger partial charge in [0.2, 0.25) is 0 Å². The van der Waals surface area contributed by atoms with E-state index in [2.05, 4.69) is 60.4 Å². The molecule has 110 valence electrons. The molecule has 0 radical (unpaired) electrons. The molecule has 2 nitrogen and oxygen atoms in total. The molecule has 0 atom stereocenters. The van der Waals surface area contributed by atoms with E-state index in [0.29, 0.717) is 0 Å². The van der Waals surface area contributed by atoms with E-state index < -0.39 is 0 Å². The van der Waals surface area contributed by atoms with E-state index in [0.717, 1.165) is 27.9 Å². The summed E-state index contributed by atoms with van der Waals surface area (Å²) >= 11 is 1.68. The van der Waals surface area contributed by atoms with Crippen molar-refractivity contribution in [3.8, 4) is 11.3 Å². The van der Waals surface area contributed by atoms with Crippen molar-refractivity contribution in [2.24, 2.45) is 0 Å². The molecule has 3 aromatic rings. The number of benzene rings is 2. The van der Waals surface area contributed by atoms with Gasteiger partial charge in [0.15, 0.2) is 5.16 Å². The van der Waals surface area contributed by atoms with Crippen molar-refractivity contribution in [3.63, 3.8) is 0 Å². The lowest BCUT2D eigenvalue weighted by Gasteiger charge is -2.06. The summed E-state index contributed by atoms with van der Waals surface area (Å²) in [5, 5.41) is 0.833. The van der Waals surface area contributed by atoms with Crippen molar-refractivity contribution in [2.45, 2.75) is 24.8 Å². The molecule has 0 unspecified atom stereocenters. The summed E-state index contributed by atoms with van der Waals surface area (Å²) in [7, 11) is 0. The molecule has 0 fully saturated rings. The van der Waals surface area contributed by atoms with Crippen molar-refractivity contribution in [2.75, 3.05) is 0 Å². The summed E-state index contributed by atoms with van der Waals surface area (Å²) < 4.78 is 0. The van der Waals surface area contributed by atoms with Crippen LogP contribution in [-0.4, -0.2) is 9.97 Å². The summed E-state index contributed by atoms with van der Waals surface area (Å²) in [6.07, 6.45) is 0. The van der Waals surface area contributed by atoms with Crippen LogP contribution in [0.3, 0.4) is 0 Å². The molecular formula is C19H18N2S. The number of hydrogen-bond donors (Lipinski definition) is 0. The number of rotatable bonds is 4. The zero-order valence-corrected chi connectivity index (χ0v) is 13.6. The van der Waals surface area contributed by atoms with Crippen LogP contribution in [0.1, 0.15) is 16.8 Å². The summed E-state index contributed by atoms with van der Waals surface area (Å²) in [6, 6.07) is 20.9. The Kier molecular flexibility index (Phi) is 4.54. The smallest absolute Gasteiger partial charge is 0.188 e. The Hall–Kier alpha value is -2.13. The fourth-order valence-electron chi connectivity index (χ4n) is 2.20. The lowest BCUT2D eigenvalue weighted by atomic mass is 10.1. The van der Waals surface area contributed by atoms with E-state index in [9.17, 15) is 0 Å². The van der Waals surface area contributed by atoms with E-state index in [1.54, 1.807) is 11.8 Å². The third-order valence-corrected chi connectivity index (χ3v) is 4.31. The summed E-state index contributed by atoms with van der Waals surface area (Å²) in [4.78, 5) is 9.24. The zero-order valence-electron chi connectivity index (χ0n) is 12.8. The lowest BCUT2D eigenvalue weighted by molar-refractivity contribution is 0.937. The van der Waals surface area contributed by atoms with Crippen LogP contribution in [-0.2, 0) is 5.75 Å². The summed E-state index contributed by atoms with van der Waals surface area (Å²) in [6.45, 7) is 4.11. The Bertz CT molecular complexity index is 752. The van der Waals surface area contributed by atoms with Gasteiger partial charge in [-0.15, -0.1) is 0 Å². The summed E-state index contributed by atoms with van der Waals surface area (Å²) in [5.74, 6) is 0.887. The molecular weight excluding hydrogens is 288 g/mol. The minimum Gasteiger partial charge on any atom is -0.228 e. The molecule has 0 amide bonds. The Morgan fingerprint density at radius 3 is 2.32 bits per heavy atom. The maximum atomic E-state index is 4.70. The number of nitrogens with zero attached hydrogens (tertiary/aromatic N) is 2. The highest BCUT2D eigenvalue weighted by Gasteiger charge is 2.06. The molecule has 22 heavy (non-hydrogen) atoms. The van der Waals surface area contributed by atoms with Crippen LogP contribution in [0, 0.1) is 13.8 Å². The van der Waals surface area contributed by atoms with Gasteiger partial charge in [0.1, 0.15) is 0 Å². The largest absolute Gasteiger partial charge is 0.228 e. The number of thioether (sulfide) groups is 1. The van der Waals surface area contributed by atoms with Crippen LogP contribution in [0.2, 0.25) is 0 Å². The molecule has 0 saturated carbocycles. The number of aryl methyl sites for hydroxylation is 2. The van der Waals surface area contributed by atoms with Gasteiger partial charge in [-0.3, -0.25) is 0 Å². The predicted molar refractivity (Wildman–Crippen MR) is 92.9 cm³/mol. The first-order chi connectivity index (χ1) is 10.7. The minimum atomic E-state index is 0.833. The molecule has 0 spiro atoms. The highest BCUT2D eigenvalue weighted by molar-refractivity contribution is 7.98. The van der Waals surface area contributed by atoms with Crippen molar-refractivity contribution in [1.82, 2.24) is 9.97 Å². The van der Waals surface area contributed by atoms with Gasteiger partial charge < -0.3 is 0 Å². The molecule has 0 aliphatic carbocycles. The van der Waals surface area contributed by atoms with Gasteiger partial charge in [0, 0.05) is 17.0 Å². The maximum absolute atomic E-state index is 4.70. The molecule has 0 N–H and O–H groups in total. The third kappa shape index (κ3) is 3.74. The fraction of sp³-hybridized carbons (Fsp3) is 0.158.